The minimum absolute atomic E-state index is 0.154. The summed E-state index contributed by atoms with van der Waals surface area (Å²) < 4.78 is 0. The Morgan fingerprint density at radius 1 is 1.55 bits per heavy atom. The first-order chi connectivity index (χ1) is 5.38. The number of hydrogen-bond donors (Lipinski definition) is 1. The van der Waals surface area contributed by atoms with Gasteiger partial charge in [-0.25, -0.2) is 4.98 Å². The van der Waals surface area contributed by atoms with E-state index in [0.717, 1.165) is 6.42 Å². The molecule has 0 radical (unpaired) electrons. The van der Waals surface area contributed by atoms with E-state index >= 15 is 0 Å². The van der Waals surface area contributed by atoms with Crippen LogP contribution in [0.5, 0.6) is 0 Å². The van der Waals surface area contributed by atoms with Crippen molar-refractivity contribution in [1.29, 1.82) is 0 Å². The molecule has 0 saturated heterocycles. The number of H-pyrrole nitrogens is 1. The summed E-state index contributed by atoms with van der Waals surface area (Å²) in [4.78, 5) is 15.0. The van der Waals surface area contributed by atoms with Crippen molar-refractivity contribution in [1.82, 2.24) is 15.2 Å². The second-order valence-corrected chi connectivity index (χ2v) is 2.41. The molecule has 0 fully saturated rings. The average molecular weight is 149 g/mol. The van der Waals surface area contributed by atoms with Gasteiger partial charge in [0.2, 0.25) is 0 Å². The van der Waals surface area contributed by atoms with Gasteiger partial charge in [-0.2, -0.15) is 5.10 Å². The molecule has 1 aliphatic rings. The van der Waals surface area contributed by atoms with Gasteiger partial charge >= 0.3 is 0 Å². The molecule has 0 amide bonds. The van der Waals surface area contributed by atoms with Crippen molar-refractivity contribution in [2.75, 3.05) is 0 Å². The number of nitrogens with zero attached hydrogens (tertiary/aromatic N) is 2. The highest BCUT2D eigenvalue weighted by molar-refractivity contribution is 6.21. The van der Waals surface area contributed by atoms with Crippen molar-refractivity contribution >= 4 is 11.4 Å². The van der Waals surface area contributed by atoms with Crippen LogP contribution in [-0.2, 0) is 4.79 Å². The van der Waals surface area contributed by atoms with Gasteiger partial charge in [-0.15, -0.1) is 0 Å². The molecule has 0 saturated carbocycles. The Balaban J connectivity index is 2.37. The van der Waals surface area contributed by atoms with Crippen LogP contribution < -0.4 is 0 Å². The first-order valence-corrected chi connectivity index (χ1v) is 3.47. The number of rotatable bonds is 1. The standard InChI is InChI=1S/C7H7N3O/c11-6-3-1-2-5(6)7-8-4-9-10-7/h2,4H,1,3H2,(H,8,9,10). The van der Waals surface area contributed by atoms with Gasteiger partial charge in [0, 0.05) is 6.42 Å². The molecular weight excluding hydrogens is 142 g/mol. The summed E-state index contributed by atoms with van der Waals surface area (Å²) in [7, 11) is 0. The summed E-state index contributed by atoms with van der Waals surface area (Å²) in [6.45, 7) is 0. The number of allylic oxidation sites excluding steroid dienone is 2. The van der Waals surface area contributed by atoms with Gasteiger partial charge in [-0.1, -0.05) is 6.08 Å². The van der Waals surface area contributed by atoms with E-state index in [9.17, 15) is 4.79 Å². The zero-order valence-corrected chi connectivity index (χ0v) is 5.87. The lowest BCUT2D eigenvalue weighted by atomic mass is 10.2. The Morgan fingerprint density at radius 3 is 3.00 bits per heavy atom. The lowest BCUT2D eigenvalue weighted by Gasteiger charge is -1.91. The molecule has 0 aromatic carbocycles. The zero-order valence-electron chi connectivity index (χ0n) is 5.87. The zero-order chi connectivity index (χ0) is 7.68. The number of carbonyl (C=O) groups is 1. The molecule has 56 valence electrons. The highest BCUT2D eigenvalue weighted by atomic mass is 16.1. The number of aromatic nitrogens is 3. The molecule has 2 rings (SSSR count). The third-order valence-corrected chi connectivity index (χ3v) is 1.69. The normalized spacial score (nSPS) is 17.1. The van der Waals surface area contributed by atoms with Crippen molar-refractivity contribution in [2.45, 2.75) is 12.8 Å². The van der Waals surface area contributed by atoms with Crippen molar-refractivity contribution < 1.29 is 4.79 Å². The average Bonchev–Trinajstić information content (AvgIpc) is 2.55. The molecule has 1 aromatic heterocycles. The Labute approximate surface area is 63.3 Å². The van der Waals surface area contributed by atoms with Crippen molar-refractivity contribution in [2.24, 2.45) is 0 Å². The number of Topliss-reactive ketones (excluding diaryl/α,β-unsaturated/α-hetero) is 1. The van der Waals surface area contributed by atoms with Gasteiger partial charge in [0.05, 0.1) is 5.57 Å². The van der Waals surface area contributed by atoms with Crippen LogP contribution in [-0.4, -0.2) is 21.0 Å². The molecule has 0 spiro atoms. The molecule has 0 atom stereocenters. The number of hydrogen-bond acceptors (Lipinski definition) is 3. The Morgan fingerprint density at radius 2 is 2.45 bits per heavy atom. The second kappa shape index (κ2) is 2.30. The minimum atomic E-state index is 0.154. The molecule has 11 heavy (non-hydrogen) atoms. The number of carbonyl (C=O) groups excluding carboxylic acids is 1. The molecule has 1 heterocycles. The lowest BCUT2D eigenvalue weighted by molar-refractivity contribution is -0.113. The van der Waals surface area contributed by atoms with Crippen molar-refractivity contribution in [3.05, 3.63) is 18.2 Å². The van der Waals surface area contributed by atoms with Crippen LogP contribution in [0.1, 0.15) is 18.7 Å². The van der Waals surface area contributed by atoms with Gasteiger partial charge in [0.15, 0.2) is 11.6 Å². The van der Waals surface area contributed by atoms with E-state index in [2.05, 4.69) is 15.2 Å². The van der Waals surface area contributed by atoms with E-state index in [1.165, 1.54) is 6.33 Å². The SMILES string of the molecule is O=C1CCC=C1c1ncn[nH]1. The van der Waals surface area contributed by atoms with Crippen LogP contribution in [0.25, 0.3) is 5.57 Å². The Hall–Kier alpha value is -1.45. The highest BCUT2D eigenvalue weighted by Gasteiger charge is 2.18. The smallest absolute Gasteiger partial charge is 0.166 e. The molecular formula is C7H7N3O. The summed E-state index contributed by atoms with van der Waals surface area (Å²) in [6, 6.07) is 0. The first-order valence-electron chi connectivity index (χ1n) is 3.47. The van der Waals surface area contributed by atoms with E-state index < -0.39 is 0 Å². The predicted octanol–water partition coefficient (Wildman–Crippen LogP) is 0.551. The Bertz CT molecular complexity index is 299. The summed E-state index contributed by atoms with van der Waals surface area (Å²) in [5.74, 6) is 0.745. The van der Waals surface area contributed by atoms with Crippen LogP contribution in [0.2, 0.25) is 0 Å². The molecule has 0 aliphatic heterocycles. The number of nitrogens with one attached hydrogen (secondary N) is 1. The van der Waals surface area contributed by atoms with Gasteiger partial charge in [0.1, 0.15) is 6.33 Å². The fourth-order valence-electron chi connectivity index (χ4n) is 1.16. The molecule has 0 bridgehead atoms. The van der Waals surface area contributed by atoms with E-state index in [4.69, 9.17) is 0 Å². The molecule has 1 aliphatic carbocycles. The quantitative estimate of drug-likeness (QED) is 0.634. The maximum Gasteiger partial charge on any atom is 0.166 e. The topological polar surface area (TPSA) is 58.6 Å². The first kappa shape index (κ1) is 6.27. The minimum Gasteiger partial charge on any atom is -0.294 e. The Kier molecular flexibility index (Phi) is 1.31. The van der Waals surface area contributed by atoms with Gasteiger partial charge in [-0.05, 0) is 6.42 Å². The fourth-order valence-corrected chi connectivity index (χ4v) is 1.16. The van der Waals surface area contributed by atoms with Gasteiger partial charge in [0.25, 0.3) is 0 Å². The summed E-state index contributed by atoms with van der Waals surface area (Å²) in [5.41, 5.74) is 0.683. The highest BCUT2D eigenvalue weighted by Crippen LogP contribution is 2.20. The molecule has 1 N–H and O–H groups in total. The monoisotopic (exact) mass is 149 g/mol. The lowest BCUT2D eigenvalue weighted by Crippen LogP contribution is -1.96. The van der Waals surface area contributed by atoms with Crippen molar-refractivity contribution in [3.63, 3.8) is 0 Å². The molecule has 0 unspecified atom stereocenters. The van der Waals surface area contributed by atoms with E-state index in [1.807, 2.05) is 6.08 Å². The van der Waals surface area contributed by atoms with Crippen LogP contribution in [0.4, 0.5) is 0 Å². The van der Waals surface area contributed by atoms with Gasteiger partial charge < -0.3 is 0 Å². The maximum atomic E-state index is 11.1. The maximum absolute atomic E-state index is 11.1. The van der Waals surface area contributed by atoms with Crippen LogP contribution in [0, 0.1) is 0 Å². The fraction of sp³-hybridized carbons (Fsp3) is 0.286. The van der Waals surface area contributed by atoms with Crippen LogP contribution in [0.3, 0.4) is 0 Å². The van der Waals surface area contributed by atoms with E-state index in [-0.39, 0.29) is 5.78 Å². The number of aromatic amines is 1. The molecule has 1 aromatic rings. The molecule has 4 nitrogen and oxygen atoms in total. The van der Waals surface area contributed by atoms with Crippen LogP contribution in [0.15, 0.2) is 12.4 Å². The third kappa shape index (κ3) is 0.960. The predicted molar refractivity (Wildman–Crippen MR) is 38.6 cm³/mol. The van der Waals surface area contributed by atoms with E-state index in [1.54, 1.807) is 0 Å². The summed E-state index contributed by atoms with van der Waals surface area (Å²) >= 11 is 0. The summed E-state index contributed by atoms with van der Waals surface area (Å²) in [6.07, 6.45) is 4.73. The summed E-state index contributed by atoms with van der Waals surface area (Å²) in [5, 5.41) is 6.33. The van der Waals surface area contributed by atoms with Gasteiger partial charge in [-0.3, -0.25) is 9.89 Å². The van der Waals surface area contributed by atoms with Crippen LogP contribution >= 0.6 is 0 Å². The number of ketones is 1. The molecule has 4 heteroatoms. The largest absolute Gasteiger partial charge is 0.294 e. The van der Waals surface area contributed by atoms with Crippen molar-refractivity contribution in [3.8, 4) is 0 Å². The second-order valence-electron chi connectivity index (χ2n) is 2.41. The van der Waals surface area contributed by atoms with E-state index in [0.29, 0.717) is 17.8 Å². The third-order valence-electron chi connectivity index (χ3n) is 1.69.